The van der Waals surface area contributed by atoms with Gasteiger partial charge >= 0.3 is 16.4 Å². The van der Waals surface area contributed by atoms with Gasteiger partial charge in [0.1, 0.15) is 18.3 Å². The summed E-state index contributed by atoms with van der Waals surface area (Å²) in [5, 5.41) is 37.1. The van der Waals surface area contributed by atoms with Crippen molar-refractivity contribution in [1.29, 1.82) is 0 Å². The molecule has 6 N–H and O–H groups in total. The molecule has 250 valence electrons. The largest absolute Gasteiger partial charge is 0.397 e. The van der Waals surface area contributed by atoms with E-state index in [1.807, 2.05) is 13.8 Å². The Kier molecular flexibility index (Phi) is 10.9. The van der Waals surface area contributed by atoms with Gasteiger partial charge in [-0.2, -0.15) is 8.42 Å². The van der Waals surface area contributed by atoms with Crippen LogP contribution in [0.2, 0.25) is 0 Å². The minimum Gasteiger partial charge on any atom is -0.392 e. The minimum atomic E-state index is -4.96. The number of hydrogen-bond donors (Lipinski definition) is 6. The molecule has 0 saturated carbocycles. The Balaban J connectivity index is 1.60. The molecule has 2 aromatic rings. The van der Waals surface area contributed by atoms with Gasteiger partial charge in [-0.15, -0.1) is 0 Å². The van der Waals surface area contributed by atoms with Gasteiger partial charge in [-0.3, -0.25) is 4.55 Å². The van der Waals surface area contributed by atoms with Crippen LogP contribution in [0.4, 0.5) is 14.9 Å². The molecule has 0 aliphatic carbocycles. The maximum Gasteiger partial charge on any atom is 0.397 e. The summed E-state index contributed by atoms with van der Waals surface area (Å²) in [5.41, 5.74) is 0.257. The maximum atomic E-state index is 14.4. The number of alkyl halides is 1. The average molecular weight is 675 g/mol. The molecule has 1 saturated heterocycles. The van der Waals surface area contributed by atoms with Crippen molar-refractivity contribution < 1.29 is 54.8 Å². The highest BCUT2D eigenvalue weighted by atomic mass is 32.3. The molecule has 1 fully saturated rings. The zero-order valence-electron chi connectivity index (χ0n) is 24.7. The van der Waals surface area contributed by atoms with Gasteiger partial charge in [0, 0.05) is 17.0 Å². The number of benzene rings is 2. The van der Waals surface area contributed by atoms with Gasteiger partial charge in [0.05, 0.1) is 23.4 Å². The van der Waals surface area contributed by atoms with Crippen molar-refractivity contribution in [2.24, 2.45) is 5.41 Å². The molecule has 45 heavy (non-hydrogen) atoms. The van der Waals surface area contributed by atoms with Gasteiger partial charge in [0.2, 0.25) is 0 Å². The summed E-state index contributed by atoms with van der Waals surface area (Å²) >= 11 is 0. The minimum absolute atomic E-state index is 0.137. The lowest BCUT2D eigenvalue weighted by Gasteiger charge is -2.39. The number of carbonyl (C=O) groups is 1. The molecule has 2 heterocycles. The average Bonchev–Trinajstić information content (AvgIpc) is 3.05. The fourth-order valence-electron chi connectivity index (χ4n) is 6.13. The molecule has 2 amide bonds. The molecule has 16 heteroatoms. The lowest BCUT2D eigenvalue weighted by Crippen LogP contribution is -2.62. The van der Waals surface area contributed by atoms with Gasteiger partial charge in [0.25, 0.3) is 0 Å². The second-order valence-electron chi connectivity index (χ2n) is 11.5. The number of unbranched alkanes of at least 4 members (excludes halogenated alkanes) is 1. The van der Waals surface area contributed by atoms with Crippen LogP contribution in [0, 0.1) is 5.41 Å². The molecule has 7 unspecified atom stereocenters. The molecule has 0 radical (unpaired) electrons. The standard InChI is InChI=1S/C29H39FN2O11S2/c1-3-5-13-29(4-2)16-44(37,38)21-12-7-6-11-19(21)22(26(29)35)17-9-8-10-18(14-17)31-28(36)32-27-25(34)24(33)23(30)20(43-27)15-42-45(39,40)41/h6-12,14,20,22-27,33-35H,3-5,13,15-16H2,1-2H3,(H2,31,32,36)(H,39,40,41)/t20?,22-,23?,24?,25?,26?,27?,29?/m1/s1. The van der Waals surface area contributed by atoms with E-state index in [0.717, 1.165) is 12.8 Å². The molecule has 4 rings (SSSR count). The van der Waals surface area contributed by atoms with Crippen molar-refractivity contribution in [2.45, 2.75) is 87.2 Å². The van der Waals surface area contributed by atoms with E-state index < -0.39 is 81.0 Å². The second kappa shape index (κ2) is 14.0. The summed E-state index contributed by atoms with van der Waals surface area (Å²) in [7, 11) is -8.72. The number of halogens is 1. The Labute approximate surface area is 261 Å². The number of rotatable bonds is 10. The van der Waals surface area contributed by atoms with Crippen molar-refractivity contribution in [3.8, 4) is 0 Å². The Bertz CT molecular complexity index is 1580. The summed E-state index contributed by atoms with van der Waals surface area (Å²) in [6, 6.07) is 12.0. The van der Waals surface area contributed by atoms with Crippen LogP contribution in [0.25, 0.3) is 0 Å². The fourth-order valence-corrected chi connectivity index (χ4v) is 8.70. The molecule has 13 nitrogen and oxygen atoms in total. The number of hydrogen-bond acceptors (Lipinski definition) is 10. The van der Waals surface area contributed by atoms with E-state index in [1.165, 1.54) is 12.1 Å². The predicted molar refractivity (Wildman–Crippen MR) is 160 cm³/mol. The molecule has 0 bridgehead atoms. The fraction of sp³-hybridized carbons (Fsp3) is 0.552. The van der Waals surface area contributed by atoms with E-state index in [9.17, 15) is 41.3 Å². The van der Waals surface area contributed by atoms with Crippen LogP contribution < -0.4 is 10.6 Å². The molecule has 0 aromatic heterocycles. The number of urea groups is 1. The number of amides is 2. The van der Waals surface area contributed by atoms with Gasteiger partial charge in [0.15, 0.2) is 22.2 Å². The Morgan fingerprint density at radius 2 is 1.82 bits per heavy atom. The quantitative estimate of drug-likeness (QED) is 0.202. The Morgan fingerprint density at radius 1 is 1.11 bits per heavy atom. The van der Waals surface area contributed by atoms with Gasteiger partial charge in [-0.1, -0.05) is 57.0 Å². The van der Waals surface area contributed by atoms with Crippen LogP contribution in [0.1, 0.15) is 56.6 Å². The van der Waals surface area contributed by atoms with Gasteiger partial charge in [-0.05, 0) is 42.2 Å². The number of aliphatic hydroxyl groups excluding tert-OH is 3. The normalized spacial score (nSPS) is 31.4. The number of aliphatic hydroxyl groups is 3. The Morgan fingerprint density at radius 3 is 2.49 bits per heavy atom. The van der Waals surface area contributed by atoms with Crippen molar-refractivity contribution >= 4 is 32.0 Å². The smallest absolute Gasteiger partial charge is 0.392 e. The van der Waals surface area contributed by atoms with Crippen molar-refractivity contribution in [3.05, 3.63) is 59.7 Å². The molecular weight excluding hydrogens is 635 g/mol. The first-order valence-electron chi connectivity index (χ1n) is 14.6. The zero-order chi connectivity index (χ0) is 33.2. The van der Waals surface area contributed by atoms with Crippen molar-refractivity contribution in [1.82, 2.24) is 5.32 Å². The van der Waals surface area contributed by atoms with Crippen LogP contribution in [-0.2, 0) is 29.2 Å². The molecule has 0 spiro atoms. The number of nitrogens with one attached hydrogen (secondary N) is 2. The van der Waals surface area contributed by atoms with Gasteiger partial charge < -0.3 is 30.7 Å². The molecule has 2 aliphatic heterocycles. The second-order valence-corrected chi connectivity index (χ2v) is 14.5. The SMILES string of the molecule is CCCCC1(CC)CS(=O)(=O)c2ccccc2[C@@H](c2cccc(NC(=O)NC3OC(COS(=O)(=O)O)C(F)C(O)C3O)c2)C1O. The highest BCUT2D eigenvalue weighted by molar-refractivity contribution is 7.91. The first kappa shape index (κ1) is 35.2. The number of anilines is 1. The predicted octanol–water partition coefficient (Wildman–Crippen LogP) is 2.28. The molecule has 2 aliphatic rings. The third-order valence-electron chi connectivity index (χ3n) is 8.56. The maximum absolute atomic E-state index is 14.4. The first-order valence-corrected chi connectivity index (χ1v) is 17.6. The van der Waals surface area contributed by atoms with E-state index in [1.54, 1.807) is 36.4 Å². The van der Waals surface area contributed by atoms with Crippen LogP contribution in [0.15, 0.2) is 53.4 Å². The van der Waals surface area contributed by atoms with E-state index >= 15 is 0 Å². The van der Waals surface area contributed by atoms with E-state index in [-0.39, 0.29) is 16.3 Å². The summed E-state index contributed by atoms with van der Waals surface area (Å²) in [4.78, 5) is 13.0. The summed E-state index contributed by atoms with van der Waals surface area (Å²) in [6.07, 6.45) is -8.41. The molecule has 8 atom stereocenters. The number of carbonyl (C=O) groups excluding carboxylic acids is 1. The number of ether oxygens (including phenoxy) is 1. The van der Waals surface area contributed by atoms with Crippen molar-refractivity contribution in [2.75, 3.05) is 17.7 Å². The third-order valence-corrected chi connectivity index (χ3v) is 11.0. The molecular formula is C29H39FN2O11S2. The number of fused-ring (bicyclic) bond motifs is 1. The first-order chi connectivity index (χ1) is 21.1. The highest BCUT2D eigenvalue weighted by Gasteiger charge is 2.49. The van der Waals surface area contributed by atoms with Crippen LogP contribution in [0.3, 0.4) is 0 Å². The van der Waals surface area contributed by atoms with Crippen molar-refractivity contribution in [3.63, 3.8) is 0 Å². The molecule has 2 aromatic carbocycles. The van der Waals surface area contributed by atoms with Crippen LogP contribution >= 0.6 is 0 Å². The van der Waals surface area contributed by atoms with E-state index in [0.29, 0.717) is 24.0 Å². The topological polar surface area (TPSA) is 209 Å². The Hall–Kier alpha value is -2.70. The summed E-state index contributed by atoms with van der Waals surface area (Å²) in [5.74, 6) is -0.972. The summed E-state index contributed by atoms with van der Waals surface area (Å²) in [6.45, 7) is 2.83. The number of sulfone groups is 1. The summed E-state index contributed by atoms with van der Waals surface area (Å²) < 4.78 is 81.6. The monoisotopic (exact) mass is 674 g/mol. The van der Waals surface area contributed by atoms with E-state index in [2.05, 4.69) is 14.8 Å². The van der Waals surface area contributed by atoms with E-state index in [4.69, 9.17) is 9.29 Å². The lowest BCUT2D eigenvalue weighted by molar-refractivity contribution is -0.214. The van der Waals surface area contributed by atoms with Crippen LogP contribution in [-0.4, -0.2) is 91.9 Å². The zero-order valence-corrected chi connectivity index (χ0v) is 26.4. The lowest BCUT2D eigenvalue weighted by atomic mass is 9.69. The third kappa shape index (κ3) is 7.82. The van der Waals surface area contributed by atoms with Gasteiger partial charge in [-0.25, -0.2) is 21.8 Å². The van der Waals surface area contributed by atoms with Crippen LogP contribution in [0.5, 0.6) is 0 Å². The highest BCUT2D eigenvalue weighted by Crippen LogP contribution is 2.48.